The molecule has 1 aromatic rings. The number of carbonyl (C=O) groups is 4. The number of carboxylic acids is 1. The molecule has 1 saturated heterocycles. The van der Waals surface area contributed by atoms with Gasteiger partial charge in [0, 0.05) is 6.42 Å². The second-order valence-electron chi connectivity index (χ2n) is 8.99. The summed E-state index contributed by atoms with van der Waals surface area (Å²) in [4.78, 5) is 50.4. The van der Waals surface area contributed by atoms with Crippen molar-refractivity contribution in [3.05, 3.63) is 29.8 Å². The van der Waals surface area contributed by atoms with Crippen LogP contribution in [0.2, 0.25) is 0 Å². The Bertz CT molecular complexity index is 887. The third-order valence-corrected chi connectivity index (χ3v) is 6.01. The first-order chi connectivity index (χ1) is 17.1. The second-order valence-corrected chi connectivity index (χ2v) is 8.99. The highest BCUT2D eigenvalue weighted by Gasteiger charge is 2.32. The fourth-order valence-electron chi connectivity index (χ4n) is 3.93. The molecule has 12 heteroatoms. The maximum Gasteiger partial charge on any atom is 0.328 e. The zero-order chi connectivity index (χ0) is 26.7. The van der Waals surface area contributed by atoms with Crippen molar-refractivity contribution in [3.8, 4) is 5.75 Å². The molecule has 5 unspecified atom stereocenters. The van der Waals surface area contributed by atoms with Gasteiger partial charge in [-0.05, 0) is 69.8 Å². The minimum atomic E-state index is -1.55. The molecule has 1 aromatic carbocycles. The summed E-state index contributed by atoms with van der Waals surface area (Å²) >= 11 is 0. The highest BCUT2D eigenvalue weighted by Crippen LogP contribution is 2.13. The first-order valence-electron chi connectivity index (χ1n) is 12.2. The van der Waals surface area contributed by atoms with Crippen molar-refractivity contribution in [1.29, 1.82) is 0 Å². The molecular weight excluding hydrogens is 470 g/mol. The molecule has 5 atom stereocenters. The van der Waals surface area contributed by atoms with Gasteiger partial charge in [-0.3, -0.25) is 14.4 Å². The van der Waals surface area contributed by atoms with Gasteiger partial charge in [-0.15, -0.1) is 0 Å². The lowest BCUT2D eigenvalue weighted by Gasteiger charge is -2.26. The fourth-order valence-corrected chi connectivity index (χ4v) is 3.93. The monoisotopic (exact) mass is 507 g/mol. The lowest BCUT2D eigenvalue weighted by molar-refractivity contribution is -0.145. The zero-order valence-corrected chi connectivity index (χ0v) is 20.4. The molecule has 0 aromatic heterocycles. The number of aliphatic hydroxyl groups is 1. The van der Waals surface area contributed by atoms with E-state index in [1.807, 2.05) is 0 Å². The van der Waals surface area contributed by atoms with Crippen LogP contribution >= 0.6 is 0 Å². The minimum absolute atomic E-state index is 0.0571. The predicted octanol–water partition coefficient (Wildman–Crippen LogP) is -1.26. The molecule has 200 valence electrons. The SMILES string of the molecule is CC(O)C(NC(=O)C(CCCCN)NC(=O)C(Cc1ccc(O)cc1)NC(=O)C1CCCN1)C(=O)O. The lowest BCUT2D eigenvalue weighted by Crippen LogP contribution is -2.58. The van der Waals surface area contributed by atoms with Crippen molar-refractivity contribution < 1.29 is 34.5 Å². The van der Waals surface area contributed by atoms with Gasteiger partial charge in [0.05, 0.1) is 12.1 Å². The molecule has 0 saturated carbocycles. The number of benzene rings is 1. The number of nitrogens with two attached hydrogens (primary N) is 1. The number of aromatic hydroxyl groups is 1. The number of hydrogen-bond acceptors (Lipinski definition) is 8. The van der Waals surface area contributed by atoms with E-state index in [2.05, 4.69) is 21.3 Å². The molecule has 9 N–H and O–H groups in total. The number of aliphatic carboxylic acids is 1. The Morgan fingerprint density at radius 1 is 1.06 bits per heavy atom. The van der Waals surface area contributed by atoms with Gasteiger partial charge in [0.2, 0.25) is 17.7 Å². The van der Waals surface area contributed by atoms with E-state index < -0.39 is 48.1 Å². The Kier molecular flexibility index (Phi) is 11.6. The summed E-state index contributed by atoms with van der Waals surface area (Å²) < 4.78 is 0. The van der Waals surface area contributed by atoms with Crippen molar-refractivity contribution in [2.75, 3.05) is 13.1 Å². The molecule has 1 heterocycles. The minimum Gasteiger partial charge on any atom is -0.508 e. The van der Waals surface area contributed by atoms with Gasteiger partial charge in [-0.1, -0.05) is 12.1 Å². The molecule has 1 aliphatic rings. The molecular formula is C24H37N5O7. The largest absolute Gasteiger partial charge is 0.508 e. The summed E-state index contributed by atoms with van der Waals surface area (Å²) in [5, 5.41) is 39.3. The molecule has 0 radical (unpaired) electrons. The summed E-state index contributed by atoms with van der Waals surface area (Å²) in [7, 11) is 0. The van der Waals surface area contributed by atoms with Gasteiger partial charge in [0.25, 0.3) is 0 Å². The highest BCUT2D eigenvalue weighted by molar-refractivity contribution is 5.94. The molecule has 12 nitrogen and oxygen atoms in total. The van der Waals surface area contributed by atoms with E-state index >= 15 is 0 Å². The molecule has 1 aliphatic heterocycles. The van der Waals surface area contributed by atoms with Crippen LogP contribution in [0.3, 0.4) is 0 Å². The van der Waals surface area contributed by atoms with Crippen molar-refractivity contribution in [3.63, 3.8) is 0 Å². The van der Waals surface area contributed by atoms with Crippen LogP contribution in [-0.2, 0) is 25.6 Å². The summed E-state index contributed by atoms with van der Waals surface area (Å²) in [6, 6.07) is 2.08. The van der Waals surface area contributed by atoms with Crippen molar-refractivity contribution in [2.24, 2.45) is 5.73 Å². The Hall–Kier alpha value is -3.22. The van der Waals surface area contributed by atoms with Gasteiger partial charge in [-0.2, -0.15) is 0 Å². The van der Waals surface area contributed by atoms with Gasteiger partial charge >= 0.3 is 5.97 Å². The Balaban J connectivity index is 2.20. The second kappa shape index (κ2) is 14.4. The number of phenolic OH excluding ortho intramolecular Hbond substituents is 1. The summed E-state index contributed by atoms with van der Waals surface area (Å²) in [5.41, 5.74) is 6.22. The number of nitrogens with one attached hydrogen (secondary N) is 4. The Morgan fingerprint density at radius 2 is 1.72 bits per heavy atom. The van der Waals surface area contributed by atoms with Gasteiger partial charge in [-0.25, -0.2) is 4.79 Å². The van der Waals surface area contributed by atoms with Crippen LogP contribution in [0.15, 0.2) is 24.3 Å². The van der Waals surface area contributed by atoms with E-state index in [1.54, 1.807) is 12.1 Å². The molecule has 36 heavy (non-hydrogen) atoms. The van der Waals surface area contributed by atoms with Crippen LogP contribution in [0.5, 0.6) is 5.75 Å². The molecule has 2 rings (SSSR count). The van der Waals surface area contributed by atoms with Crippen LogP contribution in [0, 0.1) is 0 Å². The van der Waals surface area contributed by atoms with Crippen LogP contribution in [0.25, 0.3) is 0 Å². The van der Waals surface area contributed by atoms with Gasteiger partial charge in [0.1, 0.15) is 17.8 Å². The number of amides is 3. The number of carboxylic acid groups (broad SMARTS) is 1. The van der Waals surface area contributed by atoms with Gasteiger partial charge in [0.15, 0.2) is 6.04 Å². The van der Waals surface area contributed by atoms with Crippen LogP contribution in [0.1, 0.15) is 44.6 Å². The highest BCUT2D eigenvalue weighted by atomic mass is 16.4. The van der Waals surface area contributed by atoms with Crippen LogP contribution in [-0.4, -0.2) is 82.4 Å². The molecule has 1 fully saturated rings. The van der Waals surface area contributed by atoms with Crippen molar-refractivity contribution >= 4 is 23.7 Å². The first-order valence-corrected chi connectivity index (χ1v) is 12.2. The fraction of sp³-hybridized carbons (Fsp3) is 0.583. The van der Waals surface area contributed by atoms with Crippen molar-refractivity contribution in [1.82, 2.24) is 21.3 Å². The lowest BCUT2D eigenvalue weighted by atomic mass is 10.0. The number of hydrogen-bond donors (Lipinski definition) is 8. The van der Waals surface area contributed by atoms with E-state index in [9.17, 15) is 34.5 Å². The van der Waals surface area contributed by atoms with Crippen LogP contribution < -0.4 is 27.0 Å². The Morgan fingerprint density at radius 3 is 2.28 bits per heavy atom. The maximum atomic E-state index is 13.3. The average Bonchev–Trinajstić information content (AvgIpc) is 3.37. The number of aliphatic hydroxyl groups excluding tert-OH is 1. The summed E-state index contributed by atoms with van der Waals surface area (Å²) in [6.45, 7) is 2.31. The third kappa shape index (κ3) is 9.10. The normalized spacial score (nSPS) is 18.5. The van der Waals surface area contributed by atoms with E-state index in [0.29, 0.717) is 37.9 Å². The predicted molar refractivity (Wildman–Crippen MR) is 131 cm³/mol. The Labute approximate surface area is 210 Å². The molecule has 0 bridgehead atoms. The standard InChI is InChI=1S/C24H37N5O7/c1-14(30)20(24(35)36)29-22(33)18(5-2-3-11-25)27-23(34)19(13-15-7-9-16(31)10-8-15)28-21(32)17-6-4-12-26-17/h7-10,14,17-20,26,30-31H,2-6,11-13,25H2,1H3,(H,27,34)(H,28,32)(H,29,33)(H,35,36). The number of phenols is 1. The maximum absolute atomic E-state index is 13.3. The van der Waals surface area contributed by atoms with E-state index in [4.69, 9.17) is 5.73 Å². The van der Waals surface area contributed by atoms with E-state index in [0.717, 1.165) is 6.42 Å². The number of unbranched alkanes of at least 4 members (excludes halogenated alkanes) is 1. The number of rotatable bonds is 14. The van der Waals surface area contributed by atoms with Gasteiger partial charge < -0.3 is 42.3 Å². The van der Waals surface area contributed by atoms with E-state index in [1.165, 1.54) is 19.1 Å². The summed E-state index contributed by atoms with van der Waals surface area (Å²) in [5.74, 6) is -3.07. The number of carbonyl (C=O) groups excluding carboxylic acids is 3. The topological polar surface area (TPSA) is 203 Å². The third-order valence-electron chi connectivity index (χ3n) is 6.01. The quantitative estimate of drug-likeness (QED) is 0.141. The zero-order valence-electron chi connectivity index (χ0n) is 20.4. The average molecular weight is 508 g/mol. The van der Waals surface area contributed by atoms with Crippen LogP contribution in [0.4, 0.5) is 0 Å². The first kappa shape index (κ1) is 29.0. The van der Waals surface area contributed by atoms with Crippen molar-refractivity contribution in [2.45, 2.75) is 75.7 Å². The smallest absolute Gasteiger partial charge is 0.328 e. The molecule has 0 aliphatic carbocycles. The summed E-state index contributed by atoms with van der Waals surface area (Å²) in [6.07, 6.45) is 1.48. The van der Waals surface area contributed by atoms with E-state index in [-0.39, 0.29) is 24.5 Å². The molecule has 0 spiro atoms. The molecule has 3 amide bonds.